The molecular formula is C19H21F3N2O2. The highest BCUT2D eigenvalue weighted by atomic mass is 19.4. The van der Waals surface area contributed by atoms with Gasteiger partial charge in [0, 0.05) is 12.1 Å². The van der Waals surface area contributed by atoms with Gasteiger partial charge in [-0.05, 0) is 68.7 Å². The molecule has 1 aromatic heterocycles. The first-order valence-electron chi connectivity index (χ1n) is 8.85. The quantitative estimate of drug-likeness (QED) is 0.762. The molecule has 0 bridgehead atoms. The molecule has 0 fully saturated rings. The Bertz CT molecular complexity index is 797. The molecule has 0 radical (unpaired) electrons. The van der Waals surface area contributed by atoms with Crippen LogP contribution in [-0.2, 0) is 30.2 Å². The highest BCUT2D eigenvalue weighted by Gasteiger charge is 2.31. The average molecular weight is 366 g/mol. The van der Waals surface area contributed by atoms with E-state index in [0.717, 1.165) is 54.8 Å². The Morgan fingerprint density at radius 2 is 1.96 bits per heavy atom. The van der Waals surface area contributed by atoms with Gasteiger partial charge in [-0.3, -0.25) is 4.79 Å². The second-order valence-corrected chi connectivity index (χ2v) is 6.64. The van der Waals surface area contributed by atoms with Crippen LogP contribution in [0.15, 0.2) is 24.3 Å². The van der Waals surface area contributed by atoms with Crippen molar-refractivity contribution in [3.05, 3.63) is 46.8 Å². The third-order valence-electron chi connectivity index (χ3n) is 4.74. The summed E-state index contributed by atoms with van der Waals surface area (Å²) in [5, 5.41) is 13.3. The average Bonchev–Trinajstić information content (AvgIpc) is 2.97. The van der Waals surface area contributed by atoms with Gasteiger partial charge in [0.05, 0.1) is 16.9 Å². The first-order chi connectivity index (χ1) is 12.4. The lowest BCUT2D eigenvalue weighted by atomic mass is 9.94. The van der Waals surface area contributed by atoms with Crippen molar-refractivity contribution in [1.82, 2.24) is 9.78 Å². The Morgan fingerprint density at radius 3 is 2.69 bits per heavy atom. The monoisotopic (exact) mass is 366 g/mol. The fraction of sp³-hybridized carbons (Fsp3) is 0.474. The number of aryl methyl sites for hydroxylation is 1. The normalized spacial score (nSPS) is 14.3. The molecular weight excluding hydrogens is 345 g/mol. The number of nitrogens with zero attached hydrogens (tertiary/aromatic N) is 2. The summed E-state index contributed by atoms with van der Waals surface area (Å²) in [5.41, 5.74) is 2.75. The summed E-state index contributed by atoms with van der Waals surface area (Å²) in [6.07, 6.45) is 1.38. The highest BCUT2D eigenvalue weighted by Crippen LogP contribution is 2.32. The zero-order chi connectivity index (χ0) is 18.7. The predicted molar refractivity (Wildman–Crippen MR) is 90.4 cm³/mol. The zero-order valence-electron chi connectivity index (χ0n) is 14.4. The largest absolute Gasteiger partial charge is 0.481 e. The second kappa shape index (κ2) is 7.51. The van der Waals surface area contributed by atoms with Gasteiger partial charge in [-0.2, -0.15) is 18.3 Å². The van der Waals surface area contributed by atoms with Crippen LogP contribution in [0.5, 0.6) is 0 Å². The Balaban J connectivity index is 1.89. The molecule has 1 aliphatic rings. The van der Waals surface area contributed by atoms with Crippen molar-refractivity contribution in [2.75, 3.05) is 0 Å². The standard InChI is InChI=1S/C19H21F3N2O2/c20-19(21,22)13-6-5-7-14(12-13)24-17-10-3-1-8-15(17)16(23-24)9-2-4-11-18(25)26/h5-7,12H,1-4,8-11H2,(H,25,26). The van der Waals surface area contributed by atoms with Gasteiger partial charge in [-0.25, -0.2) is 4.68 Å². The predicted octanol–water partition coefficient (Wildman–Crippen LogP) is 4.57. The van der Waals surface area contributed by atoms with Crippen LogP contribution in [0.1, 0.15) is 54.6 Å². The van der Waals surface area contributed by atoms with E-state index in [-0.39, 0.29) is 6.42 Å². The lowest BCUT2D eigenvalue weighted by Crippen LogP contribution is -2.10. The Morgan fingerprint density at radius 1 is 1.19 bits per heavy atom. The van der Waals surface area contributed by atoms with Gasteiger partial charge in [0.1, 0.15) is 0 Å². The molecule has 1 N–H and O–H groups in total. The summed E-state index contributed by atoms with van der Waals surface area (Å²) in [5.74, 6) is -0.818. The summed E-state index contributed by atoms with van der Waals surface area (Å²) in [6, 6.07) is 5.25. The number of benzene rings is 1. The number of rotatable bonds is 6. The van der Waals surface area contributed by atoms with E-state index in [1.54, 1.807) is 10.7 Å². The summed E-state index contributed by atoms with van der Waals surface area (Å²) < 4.78 is 40.7. The zero-order valence-corrected chi connectivity index (χ0v) is 14.4. The van der Waals surface area contributed by atoms with Gasteiger partial charge in [0.15, 0.2) is 0 Å². The molecule has 0 saturated carbocycles. The van der Waals surface area contributed by atoms with E-state index in [9.17, 15) is 18.0 Å². The van der Waals surface area contributed by atoms with E-state index in [4.69, 9.17) is 5.11 Å². The van der Waals surface area contributed by atoms with Gasteiger partial charge in [0.2, 0.25) is 0 Å². The summed E-state index contributed by atoms with van der Waals surface area (Å²) in [7, 11) is 0. The first-order valence-corrected chi connectivity index (χ1v) is 8.85. The van der Waals surface area contributed by atoms with Crippen LogP contribution >= 0.6 is 0 Å². The molecule has 0 spiro atoms. The summed E-state index contributed by atoms with van der Waals surface area (Å²) in [6.45, 7) is 0. The summed E-state index contributed by atoms with van der Waals surface area (Å²) >= 11 is 0. The topological polar surface area (TPSA) is 55.1 Å². The lowest BCUT2D eigenvalue weighted by molar-refractivity contribution is -0.138. The van der Waals surface area contributed by atoms with Crippen LogP contribution in [0, 0.1) is 0 Å². The number of hydrogen-bond acceptors (Lipinski definition) is 2. The fourth-order valence-electron chi connectivity index (χ4n) is 3.47. The molecule has 4 nitrogen and oxygen atoms in total. The molecule has 26 heavy (non-hydrogen) atoms. The number of carboxylic acid groups (broad SMARTS) is 1. The maximum Gasteiger partial charge on any atom is 0.416 e. The minimum absolute atomic E-state index is 0.122. The van der Waals surface area contributed by atoms with Crippen molar-refractivity contribution in [1.29, 1.82) is 0 Å². The minimum Gasteiger partial charge on any atom is -0.481 e. The third-order valence-corrected chi connectivity index (χ3v) is 4.74. The maximum atomic E-state index is 13.0. The second-order valence-electron chi connectivity index (χ2n) is 6.64. The van der Waals surface area contributed by atoms with Crippen LogP contribution in [0.25, 0.3) is 5.69 Å². The van der Waals surface area contributed by atoms with E-state index < -0.39 is 17.7 Å². The SMILES string of the molecule is O=C(O)CCCCc1nn(-c2cccc(C(F)(F)F)c2)c2c1CCCC2. The fourth-order valence-corrected chi connectivity index (χ4v) is 3.47. The lowest BCUT2D eigenvalue weighted by Gasteiger charge is -2.15. The molecule has 2 aromatic rings. The number of hydrogen-bond donors (Lipinski definition) is 1. The number of fused-ring (bicyclic) bond motifs is 1. The molecule has 1 aliphatic carbocycles. The van der Waals surface area contributed by atoms with E-state index in [1.807, 2.05) is 0 Å². The highest BCUT2D eigenvalue weighted by molar-refractivity contribution is 5.66. The van der Waals surface area contributed by atoms with E-state index in [0.29, 0.717) is 24.9 Å². The van der Waals surface area contributed by atoms with Crippen molar-refractivity contribution in [3.63, 3.8) is 0 Å². The van der Waals surface area contributed by atoms with E-state index >= 15 is 0 Å². The molecule has 140 valence electrons. The number of carboxylic acids is 1. The molecule has 0 amide bonds. The van der Waals surface area contributed by atoms with Gasteiger partial charge < -0.3 is 5.11 Å². The van der Waals surface area contributed by atoms with E-state index in [1.165, 1.54) is 6.07 Å². The van der Waals surface area contributed by atoms with Crippen molar-refractivity contribution < 1.29 is 23.1 Å². The number of aromatic nitrogens is 2. The number of carbonyl (C=O) groups is 1. The Hall–Kier alpha value is -2.31. The van der Waals surface area contributed by atoms with Crippen molar-refractivity contribution in [3.8, 4) is 5.69 Å². The van der Waals surface area contributed by atoms with Gasteiger partial charge >= 0.3 is 12.1 Å². The maximum absolute atomic E-state index is 13.0. The van der Waals surface area contributed by atoms with Crippen LogP contribution in [0.3, 0.4) is 0 Å². The smallest absolute Gasteiger partial charge is 0.416 e. The molecule has 0 aliphatic heterocycles. The van der Waals surface area contributed by atoms with Crippen molar-refractivity contribution >= 4 is 5.97 Å². The van der Waals surface area contributed by atoms with Crippen molar-refractivity contribution in [2.45, 2.75) is 57.5 Å². The van der Waals surface area contributed by atoms with Crippen LogP contribution in [0.4, 0.5) is 13.2 Å². The van der Waals surface area contributed by atoms with Crippen LogP contribution in [0.2, 0.25) is 0 Å². The Kier molecular flexibility index (Phi) is 5.34. The number of halogens is 3. The first kappa shape index (κ1) is 18.5. The third kappa shape index (κ3) is 4.08. The molecule has 0 atom stereocenters. The van der Waals surface area contributed by atoms with Gasteiger partial charge in [-0.1, -0.05) is 6.07 Å². The number of aliphatic carboxylic acids is 1. The molecule has 1 aromatic carbocycles. The molecule has 7 heteroatoms. The molecule has 3 rings (SSSR count). The number of alkyl halides is 3. The molecule has 0 saturated heterocycles. The Labute approximate surface area is 149 Å². The minimum atomic E-state index is -4.39. The van der Waals surface area contributed by atoms with Crippen molar-refractivity contribution in [2.24, 2.45) is 0 Å². The number of unbranched alkanes of at least 4 members (excludes halogenated alkanes) is 1. The van der Waals surface area contributed by atoms with Crippen LogP contribution < -0.4 is 0 Å². The molecule has 1 heterocycles. The van der Waals surface area contributed by atoms with Crippen LogP contribution in [-0.4, -0.2) is 20.9 Å². The van der Waals surface area contributed by atoms with E-state index in [2.05, 4.69) is 5.10 Å². The van der Waals surface area contributed by atoms with Gasteiger partial charge in [-0.15, -0.1) is 0 Å². The molecule has 0 unspecified atom stereocenters. The summed E-state index contributed by atoms with van der Waals surface area (Å²) in [4.78, 5) is 10.6. The van der Waals surface area contributed by atoms with Gasteiger partial charge in [0.25, 0.3) is 0 Å².